The minimum absolute atomic E-state index is 0.0180. The number of thioether (sulfide) groups is 1. The predicted molar refractivity (Wildman–Crippen MR) is 177 cm³/mol. The quantitative estimate of drug-likeness (QED) is 0.0431. The van der Waals surface area contributed by atoms with Gasteiger partial charge in [-0.3, -0.25) is 14.5 Å². The first-order valence-electron chi connectivity index (χ1n) is 14.9. The number of carbonyl (C=O) groups excluding carboxylic acids is 2. The number of aliphatic hydroxyl groups excluding tert-OH is 1. The van der Waals surface area contributed by atoms with E-state index in [1.165, 1.54) is 28.0 Å². The second-order valence-corrected chi connectivity index (χ2v) is 13.6. The molecule has 1 N–H and O–H groups in total. The molecule has 0 bridgehead atoms. The summed E-state index contributed by atoms with van der Waals surface area (Å²) >= 11 is 8.98. The Balaban J connectivity index is 1.38. The van der Waals surface area contributed by atoms with E-state index >= 15 is 0 Å². The van der Waals surface area contributed by atoms with E-state index in [2.05, 4.69) is 17.1 Å². The molecule has 0 aliphatic carbocycles. The molecule has 8 nitrogen and oxygen atoms in total. The lowest BCUT2D eigenvalue weighted by Crippen LogP contribution is -2.29. The van der Waals surface area contributed by atoms with Crippen molar-refractivity contribution in [1.29, 1.82) is 0 Å². The lowest BCUT2D eigenvalue weighted by atomic mass is 9.94. The van der Waals surface area contributed by atoms with Gasteiger partial charge in [0.05, 0.1) is 18.2 Å². The number of ether oxygens (including phenoxy) is 2. The van der Waals surface area contributed by atoms with Gasteiger partial charge in [0.25, 0.3) is 5.78 Å². The van der Waals surface area contributed by atoms with Crippen LogP contribution in [-0.2, 0) is 21.8 Å². The number of benzene rings is 3. The summed E-state index contributed by atoms with van der Waals surface area (Å²) in [7, 11) is 0. The average Bonchev–Trinajstić information content (AvgIpc) is 3.73. The Bertz CT molecular complexity index is 1770. The highest BCUT2D eigenvalue weighted by Gasteiger charge is 2.48. The van der Waals surface area contributed by atoms with E-state index in [1.54, 1.807) is 12.1 Å². The number of carbonyl (C=O) groups is 2. The number of ketones is 1. The zero-order chi connectivity index (χ0) is 31.5. The van der Waals surface area contributed by atoms with Gasteiger partial charge in [0, 0.05) is 22.8 Å². The molecule has 1 amide bonds. The summed E-state index contributed by atoms with van der Waals surface area (Å²) in [6, 6.07) is 19.2. The van der Waals surface area contributed by atoms with Gasteiger partial charge < -0.3 is 14.6 Å². The summed E-state index contributed by atoms with van der Waals surface area (Å²) in [5, 5.41) is 21.2. The van der Waals surface area contributed by atoms with Crippen LogP contribution < -0.4 is 14.4 Å². The van der Waals surface area contributed by atoms with E-state index in [-0.39, 0.29) is 22.6 Å². The van der Waals surface area contributed by atoms with Crippen LogP contribution in [0.2, 0.25) is 5.02 Å². The molecule has 45 heavy (non-hydrogen) atoms. The number of anilines is 1. The number of rotatable bonds is 11. The number of amides is 1. The van der Waals surface area contributed by atoms with Crippen molar-refractivity contribution >= 4 is 57.3 Å². The first kappa shape index (κ1) is 31.1. The molecule has 6 rings (SSSR count). The summed E-state index contributed by atoms with van der Waals surface area (Å²) in [6.45, 7) is 4.66. The largest absolute Gasteiger partial charge is 0.507 e. The Morgan fingerprint density at radius 1 is 1.11 bits per heavy atom. The molecule has 232 valence electrons. The van der Waals surface area contributed by atoms with Crippen LogP contribution in [0.3, 0.4) is 0 Å². The topological polar surface area (TPSA) is 102 Å². The lowest BCUT2D eigenvalue weighted by molar-refractivity contribution is -0.132. The van der Waals surface area contributed by atoms with Gasteiger partial charge in [-0.1, -0.05) is 84.8 Å². The lowest BCUT2D eigenvalue weighted by Gasteiger charge is -2.23. The molecule has 0 saturated carbocycles. The number of aliphatic hydroxyl groups is 1. The molecule has 1 aromatic heterocycles. The number of nitrogens with zero attached hydrogens (tertiary/aromatic N) is 3. The number of unbranched alkanes of at least 4 members (excludes halogenated alkanes) is 2. The predicted octanol–water partition coefficient (Wildman–Crippen LogP) is 8.00. The molecule has 0 spiro atoms. The fraction of sp³-hybridized carbons (Fsp3) is 0.294. The van der Waals surface area contributed by atoms with Crippen LogP contribution in [0.5, 0.6) is 11.5 Å². The maximum atomic E-state index is 13.7. The highest BCUT2D eigenvalue weighted by molar-refractivity contribution is 8.00. The summed E-state index contributed by atoms with van der Waals surface area (Å²) in [5.74, 6) is 0.0976. The third-order valence-electron chi connectivity index (χ3n) is 7.72. The molecular weight excluding hydrogens is 630 g/mol. The normalized spacial score (nSPS) is 18.7. The van der Waals surface area contributed by atoms with Crippen molar-refractivity contribution in [2.75, 3.05) is 11.5 Å². The maximum absolute atomic E-state index is 13.7. The molecule has 4 aromatic rings. The van der Waals surface area contributed by atoms with Crippen LogP contribution in [-0.4, -0.2) is 39.7 Å². The Hall–Kier alpha value is -3.86. The Kier molecular flexibility index (Phi) is 9.44. The SMILES string of the molecule is CCCCCOc1cccc([C@H]2/C(=C(\O)c3ccc4c(c3)C[C@H](C)O4)C(=O)C(=O)N2c2nnc(SCc3ccccc3Cl)s2)c1. The second kappa shape index (κ2) is 13.6. The van der Waals surface area contributed by atoms with Gasteiger partial charge in [0.1, 0.15) is 23.4 Å². The van der Waals surface area contributed by atoms with Crippen LogP contribution in [0, 0.1) is 0 Å². The van der Waals surface area contributed by atoms with Crippen molar-refractivity contribution in [1.82, 2.24) is 10.2 Å². The Labute approximate surface area is 275 Å². The molecule has 3 aromatic carbocycles. The number of hydrogen-bond donors (Lipinski definition) is 1. The third kappa shape index (κ3) is 6.59. The first-order valence-corrected chi connectivity index (χ1v) is 17.1. The number of halogens is 1. The van der Waals surface area contributed by atoms with E-state index in [0.29, 0.717) is 45.0 Å². The van der Waals surface area contributed by atoms with Gasteiger partial charge in [0.2, 0.25) is 5.13 Å². The highest BCUT2D eigenvalue weighted by Crippen LogP contribution is 2.45. The van der Waals surface area contributed by atoms with Gasteiger partial charge in [-0.15, -0.1) is 10.2 Å². The number of aromatic nitrogens is 2. The molecule has 1 saturated heterocycles. The van der Waals surface area contributed by atoms with Crippen molar-refractivity contribution in [3.05, 3.63) is 99.6 Å². The van der Waals surface area contributed by atoms with E-state index < -0.39 is 17.7 Å². The van der Waals surface area contributed by atoms with Crippen LogP contribution in [0.15, 0.2) is 76.6 Å². The van der Waals surface area contributed by atoms with Crippen molar-refractivity contribution in [2.45, 2.75) is 61.8 Å². The summed E-state index contributed by atoms with van der Waals surface area (Å²) in [4.78, 5) is 28.8. The van der Waals surface area contributed by atoms with Crippen molar-refractivity contribution in [2.24, 2.45) is 0 Å². The number of Topliss-reactive ketones (excluding diaryl/α,β-unsaturated/α-hetero) is 1. The monoisotopic (exact) mass is 661 g/mol. The zero-order valence-electron chi connectivity index (χ0n) is 24.9. The van der Waals surface area contributed by atoms with Crippen molar-refractivity contribution in [3.8, 4) is 11.5 Å². The van der Waals surface area contributed by atoms with Gasteiger partial charge in [-0.05, 0) is 66.4 Å². The third-order valence-corrected chi connectivity index (χ3v) is 10.2. The van der Waals surface area contributed by atoms with Gasteiger partial charge in [-0.25, -0.2) is 0 Å². The summed E-state index contributed by atoms with van der Waals surface area (Å²) < 4.78 is 12.5. The zero-order valence-corrected chi connectivity index (χ0v) is 27.3. The van der Waals surface area contributed by atoms with Crippen LogP contribution in [0.4, 0.5) is 5.13 Å². The molecule has 0 radical (unpaired) electrons. The molecule has 3 heterocycles. The Morgan fingerprint density at radius 3 is 2.78 bits per heavy atom. The minimum Gasteiger partial charge on any atom is -0.507 e. The van der Waals surface area contributed by atoms with Crippen LogP contribution >= 0.6 is 34.7 Å². The van der Waals surface area contributed by atoms with E-state index in [9.17, 15) is 14.7 Å². The molecule has 11 heteroatoms. The van der Waals surface area contributed by atoms with E-state index in [4.69, 9.17) is 21.1 Å². The number of fused-ring (bicyclic) bond motifs is 1. The fourth-order valence-electron chi connectivity index (χ4n) is 5.50. The molecule has 0 unspecified atom stereocenters. The standard InChI is InChI=1S/C34H32ClN3O5S2/c1-3-4-7-15-42-25-11-8-10-21(18-25)29-28(30(39)22-13-14-27-24(17-22)16-20(2)43-27)31(40)32(41)38(29)33-36-37-34(45-33)44-19-23-9-5-6-12-26(23)35/h5-6,8-14,17-18,20,29,39H,3-4,7,15-16,19H2,1-2H3/b30-28+/t20-,29-/m0/s1. The van der Waals surface area contributed by atoms with Gasteiger partial charge >= 0.3 is 5.91 Å². The molecule has 1 fully saturated rings. The first-order chi connectivity index (χ1) is 21.8. The average molecular weight is 662 g/mol. The number of hydrogen-bond acceptors (Lipinski definition) is 9. The van der Waals surface area contributed by atoms with Crippen molar-refractivity contribution in [3.63, 3.8) is 0 Å². The van der Waals surface area contributed by atoms with E-state index in [1.807, 2.05) is 61.5 Å². The highest BCUT2D eigenvalue weighted by atomic mass is 35.5. The van der Waals surface area contributed by atoms with Crippen LogP contribution in [0.1, 0.15) is 61.4 Å². The molecule has 2 atom stereocenters. The minimum atomic E-state index is -0.943. The molecular formula is C34H32ClN3O5S2. The Morgan fingerprint density at radius 2 is 1.96 bits per heavy atom. The summed E-state index contributed by atoms with van der Waals surface area (Å²) in [6.07, 6.45) is 3.75. The molecule has 2 aliphatic rings. The van der Waals surface area contributed by atoms with Crippen LogP contribution in [0.25, 0.3) is 5.76 Å². The maximum Gasteiger partial charge on any atom is 0.301 e. The van der Waals surface area contributed by atoms with E-state index in [0.717, 1.165) is 36.1 Å². The molecule has 2 aliphatic heterocycles. The smallest absolute Gasteiger partial charge is 0.301 e. The van der Waals surface area contributed by atoms with Crippen molar-refractivity contribution < 1.29 is 24.2 Å². The fourth-order valence-corrected chi connectivity index (χ4v) is 7.65. The summed E-state index contributed by atoms with van der Waals surface area (Å²) in [5.41, 5.74) is 2.92. The second-order valence-electron chi connectivity index (χ2n) is 11.0. The van der Waals surface area contributed by atoms with Gasteiger partial charge in [-0.2, -0.15) is 0 Å². The van der Waals surface area contributed by atoms with Gasteiger partial charge in [0.15, 0.2) is 4.34 Å².